The van der Waals surface area contributed by atoms with Crippen molar-refractivity contribution in [3.8, 4) is 11.3 Å². The Morgan fingerprint density at radius 3 is 1.57 bits per heavy atom. The molecule has 1 aromatic carbocycles. The van der Waals surface area contributed by atoms with Gasteiger partial charge in [-0.15, -0.1) is 0 Å². The predicted octanol–water partition coefficient (Wildman–Crippen LogP) is 7.83. The number of carbonyl (C=O) groups excluding carboxylic acids is 1. The molecule has 1 heterocycles. The number of aromatic nitrogens is 1. The predicted molar refractivity (Wildman–Crippen MR) is 133 cm³/mol. The molecule has 0 atom stereocenters. The molecule has 0 unspecified atom stereocenters. The van der Waals surface area contributed by atoms with E-state index < -0.39 is 0 Å². The van der Waals surface area contributed by atoms with Gasteiger partial charge in [0, 0.05) is 17.7 Å². The zero-order valence-electron chi connectivity index (χ0n) is 18.8. The summed E-state index contributed by atoms with van der Waals surface area (Å²) in [5.74, 6) is 0.137. The lowest BCUT2D eigenvalue weighted by Crippen LogP contribution is -1.99. The van der Waals surface area contributed by atoms with E-state index in [0.717, 1.165) is 17.0 Å². The fourth-order valence-electron chi connectivity index (χ4n) is 1.60. The van der Waals surface area contributed by atoms with Crippen LogP contribution >= 0.6 is 0 Å². The Labute approximate surface area is 177 Å². The summed E-state index contributed by atoms with van der Waals surface area (Å²) in [5, 5.41) is 0. The molecular weight excluding hydrogens is 344 g/mol. The molecule has 0 aliphatic heterocycles. The van der Waals surface area contributed by atoms with Crippen molar-refractivity contribution >= 4 is 5.78 Å². The molecular formula is C25H50N2O. The average Bonchev–Trinajstić information content (AvgIpc) is 2.76. The normalized spacial score (nSPS) is 6.82. The second kappa shape index (κ2) is 36.0. The van der Waals surface area contributed by atoms with Crippen LogP contribution in [0.4, 0.5) is 0 Å². The first kappa shape index (κ1) is 40.6. The molecule has 0 fully saturated rings. The average molecular weight is 395 g/mol. The van der Waals surface area contributed by atoms with Crippen LogP contribution in [-0.2, 0) is 11.2 Å². The SMILES string of the molecule is C.C.CC.CC.CC.CC.CC(=O)Cc1cccc(-c2ccccc2)n1.CN. The number of nitrogens with two attached hydrogens (primary N) is 1. The van der Waals surface area contributed by atoms with Gasteiger partial charge < -0.3 is 5.73 Å². The van der Waals surface area contributed by atoms with E-state index >= 15 is 0 Å². The van der Waals surface area contributed by atoms with Crippen molar-refractivity contribution in [2.75, 3.05) is 7.05 Å². The molecule has 3 nitrogen and oxygen atoms in total. The second-order valence-electron chi connectivity index (χ2n) is 3.76. The lowest BCUT2D eigenvalue weighted by atomic mass is 10.1. The molecule has 0 radical (unpaired) electrons. The highest BCUT2D eigenvalue weighted by atomic mass is 16.1. The fraction of sp³-hybridized carbons (Fsp3) is 0.520. The Kier molecular flexibility index (Phi) is 52.2. The fourth-order valence-corrected chi connectivity index (χ4v) is 1.60. The third kappa shape index (κ3) is 22.0. The Morgan fingerprint density at radius 2 is 1.18 bits per heavy atom. The quantitative estimate of drug-likeness (QED) is 0.577. The highest BCUT2D eigenvalue weighted by Crippen LogP contribution is 2.16. The number of rotatable bonds is 3. The standard InChI is InChI=1S/C14H13NO.4C2H6.CH5N.2CH4/c1-11(16)10-13-8-5-9-14(15-13)12-6-3-2-4-7-12;5*1-2;;/h2-9H,10H2,1H3;4*1-2H3;2H2,1H3;2*1H4. The molecule has 166 valence electrons. The summed E-state index contributed by atoms with van der Waals surface area (Å²) in [6.45, 7) is 17.6. The first-order chi connectivity index (χ1) is 12.8. The van der Waals surface area contributed by atoms with Gasteiger partial charge in [-0.1, -0.05) is 107 Å². The van der Waals surface area contributed by atoms with E-state index in [1.54, 1.807) is 6.92 Å². The van der Waals surface area contributed by atoms with Gasteiger partial charge in [0.15, 0.2) is 0 Å². The summed E-state index contributed by atoms with van der Waals surface area (Å²) >= 11 is 0. The number of ketones is 1. The Balaban J connectivity index is -0.0000000885. The molecule has 2 aromatic rings. The summed E-state index contributed by atoms with van der Waals surface area (Å²) < 4.78 is 0. The van der Waals surface area contributed by atoms with Crippen molar-refractivity contribution in [3.05, 3.63) is 54.2 Å². The smallest absolute Gasteiger partial charge is 0.135 e. The lowest BCUT2D eigenvalue weighted by Gasteiger charge is -2.03. The van der Waals surface area contributed by atoms with Crippen LogP contribution in [0.3, 0.4) is 0 Å². The molecule has 28 heavy (non-hydrogen) atoms. The van der Waals surface area contributed by atoms with Gasteiger partial charge in [0.1, 0.15) is 5.78 Å². The van der Waals surface area contributed by atoms with Crippen molar-refractivity contribution < 1.29 is 4.79 Å². The van der Waals surface area contributed by atoms with Crippen LogP contribution in [0.2, 0.25) is 0 Å². The summed E-state index contributed by atoms with van der Waals surface area (Å²) in [7, 11) is 1.50. The van der Waals surface area contributed by atoms with Crippen molar-refractivity contribution in [1.29, 1.82) is 0 Å². The molecule has 0 amide bonds. The van der Waals surface area contributed by atoms with E-state index in [9.17, 15) is 4.79 Å². The van der Waals surface area contributed by atoms with E-state index in [1.165, 1.54) is 7.05 Å². The summed E-state index contributed by atoms with van der Waals surface area (Å²) in [5.41, 5.74) is 7.32. The maximum absolute atomic E-state index is 11.0. The van der Waals surface area contributed by atoms with E-state index in [0.29, 0.717) is 6.42 Å². The molecule has 0 aliphatic rings. The van der Waals surface area contributed by atoms with Gasteiger partial charge in [0.05, 0.1) is 5.69 Å². The van der Waals surface area contributed by atoms with Gasteiger partial charge >= 0.3 is 0 Å². The minimum absolute atomic E-state index is 0. The highest BCUT2D eigenvalue weighted by molar-refractivity contribution is 5.77. The first-order valence-corrected chi connectivity index (χ1v) is 9.84. The minimum Gasteiger partial charge on any atom is -0.333 e. The molecule has 0 saturated carbocycles. The maximum atomic E-state index is 11.0. The number of nitrogens with zero attached hydrogens (tertiary/aromatic N) is 1. The minimum atomic E-state index is 0. The van der Waals surface area contributed by atoms with Gasteiger partial charge in [0.25, 0.3) is 0 Å². The molecule has 0 spiro atoms. The molecule has 1 aromatic heterocycles. The van der Waals surface area contributed by atoms with E-state index in [2.05, 4.69) is 10.7 Å². The molecule has 0 aliphatic carbocycles. The van der Waals surface area contributed by atoms with Crippen molar-refractivity contribution in [2.45, 2.75) is 83.6 Å². The number of Topliss-reactive ketones (excluding diaryl/α,β-unsaturated/α-hetero) is 1. The molecule has 2 N–H and O–H groups in total. The van der Waals surface area contributed by atoms with Gasteiger partial charge in [-0.05, 0) is 26.1 Å². The summed E-state index contributed by atoms with van der Waals surface area (Å²) in [6.07, 6.45) is 0.403. The number of hydrogen-bond acceptors (Lipinski definition) is 3. The second-order valence-corrected chi connectivity index (χ2v) is 3.76. The van der Waals surface area contributed by atoms with Crippen LogP contribution in [0.15, 0.2) is 48.5 Å². The van der Waals surface area contributed by atoms with Gasteiger partial charge in [-0.2, -0.15) is 0 Å². The first-order valence-electron chi connectivity index (χ1n) is 9.84. The Hall–Kier alpha value is -2.00. The maximum Gasteiger partial charge on any atom is 0.135 e. The van der Waals surface area contributed by atoms with Crippen molar-refractivity contribution in [1.82, 2.24) is 4.98 Å². The lowest BCUT2D eigenvalue weighted by molar-refractivity contribution is -0.116. The Bertz CT molecular complexity index is 497. The van der Waals surface area contributed by atoms with Crippen LogP contribution in [0.25, 0.3) is 11.3 Å². The third-order valence-corrected chi connectivity index (χ3v) is 2.31. The van der Waals surface area contributed by atoms with Crippen LogP contribution in [0.1, 0.15) is 82.9 Å². The number of hydrogen-bond donors (Lipinski definition) is 1. The monoisotopic (exact) mass is 394 g/mol. The van der Waals surface area contributed by atoms with Gasteiger partial charge in [-0.25, -0.2) is 0 Å². The molecule has 0 saturated heterocycles. The molecule has 3 heteroatoms. The van der Waals surface area contributed by atoms with E-state index in [-0.39, 0.29) is 20.6 Å². The highest BCUT2D eigenvalue weighted by Gasteiger charge is 2.02. The zero-order chi connectivity index (χ0) is 21.4. The van der Waals surface area contributed by atoms with Crippen LogP contribution in [-0.4, -0.2) is 17.8 Å². The number of carbonyl (C=O) groups is 1. The van der Waals surface area contributed by atoms with Gasteiger partial charge in [0.2, 0.25) is 0 Å². The summed E-state index contributed by atoms with van der Waals surface area (Å²) in [4.78, 5) is 15.5. The molecule has 0 bridgehead atoms. The van der Waals surface area contributed by atoms with Gasteiger partial charge in [-0.3, -0.25) is 9.78 Å². The number of pyridine rings is 1. The zero-order valence-corrected chi connectivity index (χ0v) is 18.8. The topological polar surface area (TPSA) is 56.0 Å². The number of benzene rings is 1. The largest absolute Gasteiger partial charge is 0.333 e. The van der Waals surface area contributed by atoms with Crippen molar-refractivity contribution in [3.63, 3.8) is 0 Å². The third-order valence-electron chi connectivity index (χ3n) is 2.31. The van der Waals surface area contributed by atoms with Crippen LogP contribution < -0.4 is 5.73 Å². The summed E-state index contributed by atoms with van der Waals surface area (Å²) in [6, 6.07) is 15.7. The Morgan fingerprint density at radius 1 is 0.750 bits per heavy atom. The van der Waals surface area contributed by atoms with Crippen molar-refractivity contribution in [2.24, 2.45) is 5.73 Å². The van der Waals surface area contributed by atoms with Crippen LogP contribution in [0.5, 0.6) is 0 Å². The molecule has 2 rings (SSSR count). The van der Waals surface area contributed by atoms with E-state index in [1.807, 2.05) is 104 Å². The van der Waals surface area contributed by atoms with E-state index in [4.69, 9.17) is 0 Å². The van der Waals surface area contributed by atoms with Crippen LogP contribution in [0, 0.1) is 0 Å².